The van der Waals surface area contributed by atoms with E-state index in [0.717, 1.165) is 49.6 Å². The minimum Gasteiger partial charge on any atom is -0.429 e. The largest absolute Gasteiger partial charge is 0.429 e. The summed E-state index contributed by atoms with van der Waals surface area (Å²) in [6.07, 6.45) is -0.698. The van der Waals surface area contributed by atoms with Crippen molar-refractivity contribution in [3.63, 3.8) is 0 Å². The molecule has 5 rings (SSSR count). The summed E-state index contributed by atoms with van der Waals surface area (Å²) in [5.74, 6) is -5.16. The standard InChI is InChI=1S/C36H27F7O/c1-2-3-4-5-22-6-16-30(34(40)18-22)36(42,43)44-27-13-15-28(33(39)21-27)24-9-7-23(8-10-24)25-11-14-29(32(38)19-25)26-12-17-31(37)35(41)20-26/h6-21H,2-5H2,1H3. The van der Waals surface area contributed by atoms with Crippen molar-refractivity contribution < 1.29 is 35.5 Å². The van der Waals surface area contributed by atoms with Gasteiger partial charge >= 0.3 is 6.11 Å². The molecule has 5 aromatic carbocycles. The Labute approximate surface area is 250 Å². The Morgan fingerprint density at radius 3 is 1.80 bits per heavy atom. The van der Waals surface area contributed by atoms with E-state index in [-0.39, 0.29) is 16.7 Å². The molecule has 0 aliphatic rings. The van der Waals surface area contributed by atoms with Crippen molar-refractivity contribution in [1.82, 2.24) is 0 Å². The predicted octanol–water partition coefficient (Wildman–Crippen LogP) is 11.2. The molecule has 0 saturated heterocycles. The molecular weight excluding hydrogens is 581 g/mol. The molecule has 0 spiro atoms. The number of halogens is 7. The van der Waals surface area contributed by atoms with Crippen LogP contribution in [0, 0.1) is 29.1 Å². The van der Waals surface area contributed by atoms with Crippen LogP contribution in [0.5, 0.6) is 5.75 Å². The Kier molecular flexibility index (Phi) is 9.09. The molecule has 0 aliphatic heterocycles. The van der Waals surface area contributed by atoms with Crippen LogP contribution >= 0.6 is 0 Å². The van der Waals surface area contributed by atoms with Gasteiger partial charge in [-0.25, -0.2) is 22.0 Å². The second kappa shape index (κ2) is 13.0. The quantitative estimate of drug-likeness (QED) is 0.113. The summed E-state index contributed by atoms with van der Waals surface area (Å²) >= 11 is 0. The average molecular weight is 609 g/mol. The molecule has 0 heterocycles. The van der Waals surface area contributed by atoms with Gasteiger partial charge in [0.05, 0.1) is 5.56 Å². The van der Waals surface area contributed by atoms with Crippen molar-refractivity contribution in [1.29, 1.82) is 0 Å². The third-order valence-corrected chi connectivity index (χ3v) is 7.33. The fourth-order valence-electron chi connectivity index (χ4n) is 4.96. The maximum Gasteiger partial charge on any atom is 0.429 e. The molecule has 1 nitrogen and oxygen atoms in total. The first-order valence-electron chi connectivity index (χ1n) is 14.1. The van der Waals surface area contributed by atoms with E-state index in [1.165, 1.54) is 36.4 Å². The summed E-state index contributed by atoms with van der Waals surface area (Å²) in [6.45, 7) is 2.03. The highest BCUT2D eigenvalue weighted by Crippen LogP contribution is 2.36. The van der Waals surface area contributed by atoms with Crippen molar-refractivity contribution in [2.75, 3.05) is 0 Å². The number of benzene rings is 5. The van der Waals surface area contributed by atoms with Gasteiger partial charge in [-0.1, -0.05) is 68.3 Å². The fourth-order valence-corrected chi connectivity index (χ4v) is 4.96. The van der Waals surface area contributed by atoms with Crippen LogP contribution < -0.4 is 4.74 Å². The zero-order chi connectivity index (χ0) is 31.4. The molecule has 0 radical (unpaired) electrons. The first kappa shape index (κ1) is 30.9. The second-order valence-corrected chi connectivity index (χ2v) is 10.4. The van der Waals surface area contributed by atoms with Crippen LogP contribution in [0.3, 0.4) is 0 Å². The SMILES string of the molecule is CCCCCc1ccc(C(F)(F)Oc2ccc(-c3ccc(-c4ccc(-c5ccc(F)c(F)c5)c(F)c4)cc3)c(F)c2)c(F)c1. The van der Waals surface area contributed by atoms with Crippen molar-refractivity contribution in [2.24, 2.45) is 0 Å². The molecule has 44 heavy (non-hydrogen) atoms. The molecule has 8 heteroatoms. The van der Waals surface area contributed by atoms with Crippen LogP contribution in [0.15, 0.2) is 97.1 Å². The van der Waals surface area contributed by atoms with Crippen LogP contribution in [0.4, 0.5) is 30.7 Å². The Balaban J connectivity index is 1.30. The number of hydrogen-bond donors (Lipinski definition) is 0. The van der Waals surface area contributed by atoms with Crippen LogP contribution in [-0.2, 0) is 12.5 Å². The monoisotopic (exact) mass is 608 g/mol. The minimum atomic E-state index is -4.03. The molecule has 0 bridgehead atoms. The Morgan fingerprint density at radius 2 is 1.14 bits per heavy atom. The zero-order valence-corrected chi connectivity index (χ0v) is 23.6. The maximum atomic E-state index is 15.0. The zero-order valence-electron chi connectivity index (χ0n) is 23.6. The highest BCUT2D eigenvalue weighted by atomic mass is 19.3. The normalized spacial score (nSPS) is 11.5. The minimum absolute atomic E-state index is 0.0985. The molecule has 0 unspecified atom stereocenters. The maximum absolute atomic E-state index is 15.0. The van der Waals surface area contributed by atoms with Gasteiger partial charge in [0.25, 0.3) is 0 Å². The second-order valence-electron chi connectivity index (χ2n) is 10.4. The van der Waals surface area contributed by atoms with Crippen LogP contribution in [0.25, 0.3) is 33.4 Å². The van der Waals surface area contributed by atoms with Crippen LogP contribution in [0.2, 0.25) is 0 Å². The van der Waals surface area contributed by atoms with E-state index in [1.807, 2.05) is 6.92 Å². The molecule has 0 aromatic heterocycles. The van der Waals surface area contributed by atoms with Gasteiger partial charge in [-0.2, -0.15) is 8.78 Å². The Hall–Kier alpha value is -4.59. The van der Waals surface area contributed by atoms with Gasteiger partial charge in [0, 0.05) is 17.2 Å². The van der Waals surface area contributed by atoms with Crippen molar-refractivity contribution in [2.45, 2.75) is 38.7 Å². The van der Waals surface area contributed by atoms with E-state index in [4.69, 9.17) is 4.74 Å². The average Bonchev–Trinajstić information content (AvgIpc) is 2.99. The van der Waals surface area contributed by atoms with Gasteiger partial charge in [-0.3, -0.25) is 0 Å². The summed E-state index contributed by atoms with van der Waals surface area (Å²) in [5.41, 5.74) is 1.58. The molecule has 0 atom stereocenters. The van der Waals surface area contributed by atoms with E-state index in [2.05, 4.69) is 0 Å². The lowest BCUT2D eigenvalue weighted by Gasteiger charge is -2.19. The fraction of sp³-hybridized carbons (Fsp3) is 0.167. The Bertz CT molecular complexity index is 1780. The number of aryl methyl sites for hydroxylation is 1. The number of hydrogen-bond acceptors (Lipinski definition) is 1. The molecular formula is C36H27F7O. The molecule has 0 amide bonds. The van der Waals surface area contributed by atoms with Gasteiger partial charge in [0.2, 0.25) is 0 Å². The summed E-state index contributed by atoms with van der Waals surface area (Å²) in [7, 11) is 0. The predicted molar refractivity (Wildman–Crippen MR) is 157 cm³/mol. The molecule has 0 N–H and O–H groups in total. The van der Waals surface area contributed by atoms with Gasteiger partial charge in [0.15, 0.2) is 11.6 Å². The first-order chi connectivity index (χ1) is 21.1. The number of unbranched alkanes of at least 4 members (excludes halogenated alkanes) is 2. The molecule has 0 aliphatic carbocycles. The van der Waals surface area contributed by atoms with E-state index in [9.17, 15) is 26.3 Å². The van der Waals surface area contributed by atoms with E-state index in [0.29, 0.717) is 28.7 Å². The summed E-state index contributed by atoms with van der Waals surface area (Å²) in [6, 6.07) is 20.6. The first-order valence-corrected chi connectivity index (χ1v) is 14.1. The van der Waals surface area contributed by atoms with E-state index < -0.39 is 46.5 Å². The van der Waals surface area contributed by atoms with Crippen molar-refractivity contribution >= 4 is 0 Å². The lowest BCUT2D eigenvalue weighted by atomic mass is 9.97. The number of alkyl halides is 2. The highest BCUT2D eigenvalue weighted by molar-refractivity contribution is 5.74. The third-order valence-electron chi connectivity index (χ3n) is 7.33. The molecule has 226 valence electrons. The molecule has 5 aromatic rings. The molecule has 0 saturated carbocycles. The summed E-state index contributed by atoms with van der Waals surface area (Å²) < 4.78 is 106. The lowest BCUT2D eigenvalue weighted by Crippen LogP contribution is -2.23. The highest BCUT2D eigenvalue weighted by Gasteiger charge is 2.38. The van der Waals surface area contributed by atoms with E-state index in [1.54, 1.807) is 30.3 Å². The third kappa shape index (κ3) is 6.80. The number of ether oxygens (including phenoxy) is 1. The van der Waals surface area contributed by atoms with Crippen LogP contribution in [0.1, 0.15) is 37.3 Å². The molecule has 0 fully saturated rings. The van der Waals surface area contributed by atoms with Crippen molar-refractivity contribution in [3.05, 3.63) is 137 Å². The van der Waals surface area contributed by atoms with Gasteiger partial charge < -0.3 is 4.74 Å². The summed E-state index contributed by atoms with van der Waals surface area (Å²) in [5, 5.41) is 0. The smallest absolute Gasteiger partial charge is 0.429 e. The van der Waals surface area contributed by atoms with E-state index >= 15 is 4.39 Å². The van der Waals surface area contributed by atoms with Gasteiger partial charge in [-0.05, 0) is 83.1 Å². The van der Waals surface area contributed by atoms with Crippen molar-refractivity contribution in [3.8, 4) is 39.1 Å². The van der Waals surface area contributed by atoms with Crippen LogP contribution in [-0.4, -0.2) is 0 Å². The lowest BCUT2D eigenvalue weighted by molar-refractivity contribution is -0.187. The number of rotatable bonds is 10. The topological polar surface area (TPSA) is 9.23 Å². The van der Waals surface area contributed by atoms with Gasteiger partial charge in [0.1, 0.15) is 23.2 Å². The Morgan fingerprint density at radius 1 is 0.523 bits per heavy atom. The van der Waals surface area contributed by atoms with Gasteiger partial charge in [-0.15, -0.1) is 0 Å². The summed E-state index contributed by atoms with van der Waals surface area (Å²) in [4.78, 5) is 0.